The SMILES string of the molecule is CC(C(=O)N1CCC2(CCCCC2)CC1)C(N)=S. The molecule has 1 heterocycles. The highest BCUT2D eigenvalue weighted by molar-refractivity contribution is 7.80. The summed E-state index contributed by atoms with van der Waals surface area (Å²) in [4.78, 5) is 14.4. The van der Waals surface area contributed by atoms with Gasteiger partial charge in [-0.25, -0.2) is 0 Å². The first-order valence-corrected chi connectivity index (χ1v) is 7.53. The van der Waals surface area contributed by atoms with Crippen LogP contribution in [-0.2, 0) is 4.79 Å². The van der Waals surface area contributed by atoms with Gasteiger partial charge < -0.3 is 10.6 Å². The molecule has 1 aliphatic heterocycles. The lowest BCUT2D eigenvalue weighted by molar-refractivity contribution is -0.135. The summed E-state index contributed by atoms with van der Waals surface area (Å²) in [5.74, 6) is -0.187. The molecule has 0 radical (unpaired) electrons. The van der Waals surface area contributed by atoms with Gasteiger partial charge in [0.2, 0.25) is 5.91 Å². The van der Waals surface area contributed by atoms with E-state index in [2.05, 4.69) is 0 Å². The molecule has 0 aromatic carbocycles. The molecule has 2 rings (SSSR count). The number of carbonyl (C=O) groups is 1. The Morgan fingerprint density at radius 1 is 1.17 bits per heavy atom. The molecular formula is C14H24N2OS. The van der Waals surface area contributed by atoms with Gasteiger partial charge in [0, 0.05) is 13.1 Å². The minimum Gasteiger partial charge on any atom is -0.393 e. The maximum absolute atomic E-state index is 12.2. The monoisotopic (exact) mass is 268 g/mol. The summed E-state index contributed by atoms with van der Waals surface area (Å²) in [6.45, 7) is 3.60. The van der Waals surface area contributed by atoms with E-state index in [1.807, 2.05) is 11.8 Å². The molecule has 1 aliphatic carbocycles. The second kappa shape index (κ2) is 5.55. The number of piperidine rings is 1. The summed E-state index contributed by atoms with van der Waals surface area (Å²) >= 11 is 4.91. The van der Waals surface area contributed by atoms with Crippen molar-refractivity contribution < 1.29 is 4.79 Å². The van der Waals surface area contributed by atoms with Crippen molar-refractivity contribution in [3.63, 3.8) is 0 Å². The zero-order valence-corrected chi connectivity index (χ0v) is 12.1. The summed E-state index contributed by atoms with van der Waals surface area (Å²) in [5.41, 5.74) is 6.11. The van der Waals surface area contributed by atoms with Crippen molar-refractivity contribution in [2.75, 3.05) is 13.1 Å². The van der Waals surface area contributed by atoms with Gasteiger partial charge in [-0.15, -0.1) is 0 Å². The second-order valence-corrected chi connectivity index (χ2v) is 6.48. The van der Waals surface area contributed by atoms with Crippen molar-refractivity contribution in [2.45, 2.75) is 51.9 Å². The van der Waals surface area contributed by atoms with E-state index in [1.165, 1.54) is 44.9 Å². The molecule has 1 atom stereocenters. The van der Waals surface area contributed by atoms with Gasteiger partial charge in [0.05, 0.1) is 10.9 Å². The third-order valence-electron chi connectivity index (χ3n) is 4.85. The van der Waals surface area contributed by atoms with Crippen LogP contribution >= 0.6 is 12.2 Å². The van der Waals surface area contributed by atoms with Gasteiger partial charge in [0.15, 0.2) is 0 Å². The summed E-state index contributed by atoms with van der Waals surface area (Å²) < 4.78 is 0. The van der Waals surface area contributed by atoms with Crippen molar-refractivity contribution in [1.82, 2.24) is 4.90 Å². The van der Waals surface area contributed by atoms with Gasteiger partial charge in [-0.05, 0) is 38.0 Å². The number of hydrogen-bond acceptors (Lipinski definition) is 2. The molecule has 1 amide bonds. The Labute approximate surface area is 115 Å². The predicted molar refractivity (Wildman–Crippen MR) is 77.3 cm³/mol. The van der Waals surface area contributed by atoms with Crippen LogP contribution in [0.3, 0.4) is 0 Å². The Kier molecular flexibility index (Phi) is 4.25. The Bertz CT molecular complexity index is 327. The molecule has 2 N–H and O–H groups in total. The number of hydrogen-bond donors (Lipinski definition) is 1. The van der Waals surface area contributed by atoms with Crippen LogP contribution in [0.1, 0.15) is 51.9 Å². The van der Waals surface area contributed by atoms with Crippen molar-refractivity contribution in [3.8, 4) is 0 Å². The molecule has 1 spiro atoms. The van der Waals surface area contributed by atoms with E-state index < -0.39 is 0 Å². The average Bonchev–Trinajstić information content (AvgIpc) is 2.39. The van der Waals surface area contributed by atoms with Crippen LogP contribution in [0.25, 0.3) is 0 Å². The number of rotatable bonds is 2. The Morgan fingerprint density at radius 3 is 2.22 bits per heavy atom. The molecule has 0 bridgehead atoms. The van der Waals surface area contributed by atoms with Crippen LogP contribution in [0, 0.1) is 11.3 Å². The van der Waals surface area contributed by atoms with Gasteiger partial charge in [0.25, 0.3) is 0 Å². The second-order valence-electron chi connectivity index (χ2n) is 6.01. The van der Waals surface area contributed by atoms with E-state index in [4.69, 9.17) is 18.0 Å². The number of amides is 1. The first kappa shape index (κ1) is 13.8. The molecule has 2 aliphatic rings. The van der Waals surface area contributed by atoms with Crippen molar-refractivity contribution in [3.05, 3.63) is 0 Å². The highest BCUT2D eigenvalue weighted by atomic mass is 32.1. The van der Waals surface area contributed by atoms with Gasteiger partial charge in [-0.3, -0.25) is 4.79 Å². The smallest absolute Gasteiger partial charge is 0.232 e. The lowest BCUT2D eigenvalue weighted by atomic mass is 9.68. The van der Waals surface area contributed by atoms with Gasteiger partial charge in [-0.2, -0.15) is 0 Å². The lowest BCUT2D eigenvalue weighted by Gasteiger charge is -2.44. The fourth-order valence-electron chi connectivity index (χ4n) is 3.40. The van der Waals surface area contributed by atoms with E-state index in [9.17, 15) is 4.79 Å². The Hall–Kier alpha value is -0.640. The van der Waals surface area contributed by atoms with Crippen LogP contribution in [0.15, 0.2) is 0 Å². The lowest BCUT2D eigenvalue weighted by Crippen LogP contribution is -2.47. The Balaban J connectivity index is 1.90. The highest BCUT2D eigenvalue weighted by Gasteiger charge is 2.37. The van der Waals surface area contributed by atoms with Crippen LogP contribution in [0.2, 0.25) is 0 Å². The molecular weight excluding hydrogens is 244 g/mol. The fraction of sp³-hybridized carbons (Fsp3) is 0.857. The molecule has 1 unspecified atom stereocenters. The zero-order valence-electron chi connectivity index (χ0n) is 11.3. The van der Waals surface area contributed by atoms with Crippen molar-refractivity contribution >= 4 is 23.1 Å². The molecule has 18 heavy (non-hydrogen) atoms. The number of carbonyl (C=O) groups excluding carboxylic acids is 1. The van der Waals surface area contributed by atoms with Gasteiger partial charge >= 0.3 is 0 Å². The summed E-state index contributed by atoms with van der Waals surface area (Å²) in [6, 6.07) is 0. The average molecular weight is 268 g/mol. The van der Waals surface area contributed by atoms with E-state index >= 15 is 0 Å². The molecule has 0 aromatic rings. The first-order valence-electron chi connectivity index (χ1n) is 7.12. The molecule has 1 saturated carbocycles. The first-order chi connectivity index (χ1) is 8.54. The molecule has 0 aromatic heterocycles. The van der Waals surface area contributed by atoms with Crippen molar-refractivity contribution in [2.24, 2.45) is 17.1 Å². The normalized spacial score (nSPS) is 24.8. The summed E-state index contributed by atoms with van der Waals surface area (Å²) in [6.07, 6.45) is 9.20. The van der Waals surface area contributed by atoms with Crippen LogP contribution in [0.5, 0.6) is 0 Å². The molecule has 3 nitrogen and oxygen atoms in total. The summed E-state index contributed by atoms with van der Waals surface area (Å²) in [5, 5.41) is 0. The van der Waals surface area contributed by atoms with E-state index in [0.29, 0.717) is 10.4 Å². The minimum absolute atomic E-state index is 0.119. The Morgan fingerprint density at radius 2 is 1.72 bits per heavy atom. The highest BCUT2D eigenvalue weighted by Crippen LogP contribution is 2.44. The number of thiocarbonyl (C=S) groups is 1. The quantitative estimate of drug-likeness (QED) is 0.783. The maximum atomic E-state index is 12.2. The summed E-state index contributed by atoms with van der Waals surface area (Å²) in [7, 11) is 0. The zero-order chi connectivity index (χ0) is 13.2. The predicted octanol–water partition coefficient (Wildman–Crippen LogP) is 2.48. The third kappa shape index (κ3) is 2.85. The molecule has 4 heteroatoms. The van der Waals surface area contributed by atoms with Gasteiger partial charge in [-0.1, -0.05) is 31.5 Å². The number of nitrogens with zero attached hydrogens (tertiary/aromatic N) is 1. The van der Waals surface area contributed by atoms with E-state index in [1.54, 1.807) is 0 Å². The van der Waals surface area contributed by atoms with E-state index in [-0.39, 0.29) is 11.8 Å². The van der Waals surface area contributed by atoms with Crippen molar-refractivity contribution in [1.29, 1.82) is 0 Å². The van der Waals surface area contributed by atoms with Crippen LogP contribution < -0.4 is 5.73 Å². The topological polar surface area (TPSA) is 46.3 Å². The standard InChI is InChI=1S/C14H24N2OS/c1-11(12(15)18)13(17)16-9-7-14(8-10-16)5-3-2-4-6-14/h11H,2-10H2,1H3,(H2,15,18). The molecule has 102 valence electrons. The van der Waals surface area contributed by atoms with E-state index in [0.717, 1.165) is 13.1 Å². The molecule has 1 saturated heterocycles. The molecule has 2 fully saturated rings. The maximum Gasteiger partial charge on any atom is 0.232 e. The number of nitrogens with two attached hydrogens (primary N) is 1. The van der Waals surface area contributed by atoms with Crippen LogP contribution in [0.4, 0.5) is 0 Å². The number of likely N-dealkylation sites (tertiary alicyclic amines) is 1. The largest absolute Gasteiger partial charge is 0.393 e. The van der Waals surface area contributed by atoms with Crippen LogP contribution in [-0.4, -0.2) is 28.9 Å². The minimum atomic E-state index is -0.305. The third-order valence-corrected chi connectivity index (χ3v) is 5.20. The van der Waals surface area contributed by atoms with Gasteiger partial charge in [0.1, 0.15) is 0 Å². The fourth-order valence-corrected chi connectivity index (χ4v) is 3.50.